The zero-order valence-electron chi connectivity index (χ0n) is 37.7. The third kappa shape index (κ3) is 9.77. The lowest BCUT2D eigenvalue weighted by Gasteiger charge is -2.26. The predicted molar refractivity (Wildman–Crippen MR) is 280 cm³/mol. The summed E-state index contributed by atoms with van der Waals surface area (Å²) < 4.78 is 6.05. The number of oxazole rings is 1. The van der Waals surface area contributed by atoms with Crippen LogP contribution in [0.2, 0.25) is 0 Å². The summed E-state index contributed by atoms with van der Waals surface area (Å²) in [5.41, 5.74) is 19.1. The van der Waals surface area contributed by atoms with Gasteiger partial charge in [-0.2, -0.15) is 0 Å². The Balaban J connectivity index is 0.000000629. The van der Waals surface area contributed by atoms with Crippen molar-refractivity contribution in [3.8, 4) is 67.1 Å². The largest absolute Gasteiger partial charge is 0.436 e. The quantitative estimate of drug-likeness (QED) is 0.121. The summed E-state index contributed by atoms with van der Waals surface area (Å²) in [6.45, 7) is 6.25. The summed E-state index contributed by atoms with van der Waals surface area (Å²) in [6, 6.07) is 81.4. The highest BCUT2D eigenvalue weighted by molar-refractivity contribution is 5.92. The summed E-state index contributed by atoms with van der Waals surface area (Å²) in [4.78, 5) is 7.02. The SMILES string of the molecule is C/C=C\C/C(C)=C/C.c1ccc(-c2ccc(-c3ccc(N(c4ccccc4)c4ccc(-c5ccccc5-c5ccccc5-c5ccc(-c6nc7ccccc7o6)cc5)cc4)cc3)cc2)cc1. The Hall–Kier alpha value is -8.27. The Morgan fingerprint density at radius 1 is 0.409 bits per heavy atom. The van der Waals surface area contributed by atoms with Crippen molar-refractivity contribution in [2.45, 2.75) is 27.2 Å². The highest BCUT2D eigenvalue weighted by Gasteiger charge is 2.16. The van der Waals surface area contributed by atoms with Gasteiger partial charge >= 0.3 is 0 Å². The van der Waals surface area contributed by atoms with Gasteiger partial charge in [-0.25, -0.2) is 4.98 Å². The molecular formula is C63H52N2O. The Morgan fingerprint density at radius 2 is 0.803 bits per heavy atom. The number of nitrogens with zero attached hydrogens (tertiary/aromatic N) is 2. The maximum absolute atomic E-state index is 6.05. The number of anilines is 3. The molecule has 0 bridgehead atoms. The average Bonchev–Trinajstić information content (AvgIpc) is 3.84. The minimum atomic E-state index is 0.627. The predicted octanol–water partition coefficient (Wildman–Crippen LogP) is 18.2. The Kier molecular flexibility index (Phi) is 13.4. The van der Waals surface area contributed by atoms with E-state index in [9.17, 15) is 0 Å². The molecule has 0 saturated heterocycles. The Labute approximate surface area is 389 Å². The molecule has 0 spiro atoms. The van der Waals surface area contributed by atoms with Crippen LogP contribution in [-0.2, 0) is 0 Å². The third-order valence-corrected chi connectivity index (χ3v) is 12.0. The normalized spacial score (nSPS) is 11.3. The highest BCUT2D eigenvalue weighted by atomic mass is 16.3. The molecule has 0 atom stereocenters. The topological polar surface area (TPSA) is 29.3 Å². The van der Waals surface area contributed by atoms with Gasteiger partial charge in [-0.3, -0.25) is 0 Å². The van der Waals surface area contributed by atoms with Crippen LogP contribution in [0, 0.1) is 0 Å². The number of allylic oxidation sites excluding steroid dienone is 4. The van der Waals surface area contributed by atoms with E-state index in [1.807, 2.05) is 31.2 Å². The molecule has 0 saturated carbocycles. The molecule has 0 unspecified atom stereocenters. The zero-order chi connectivity index (χ0) is 45.1. The first-order chi connectivity index (χ1) is 32.6. The molecule has 0 radical (unpaired) electrons. The number of rotatable bonds is 11. The molecular weight excluding hydrogens is 801 g/mol. The molecule has 0 N–H and O–H groups in total. The summed E-state index contributed by atoms with van der Waals surface area (Å²) in [5.74, 6) is 0.627. The van der Waals surface area contributed by atoms with Crippen LogP contribution in [0.5, 0.6) is 0 Å². The molecule has 66 heavy (non-hydrogen) atoms. The maximum atomic E-state index is 6.05. The van der Waals surface area contributed by atoms with Crippen molar-refractivity contribution in [2.24, 2.45) is 0 Å². The fourth-order valence-electron chi connectivity index (χ4n) is 8.25. The number of fused-ring (bicyclic) bond motifs is 1. The third-order valence-electron chi connectivity index (χ3n) is 12.0. The summed E-state index contributed by atoms with van der Waals surface area (Å²) >= 11 is 0. The fourth-order valence-corrected chi connectivity index (χ4v) is 8.25. The first-order valence-corrected chi connectivity index (χ1v) is 22.7. The lowest BCUT2D eigenvalue weighted by atomic mass is 9.89. The molecule has 3 nitrogen and oxygen atoms in total. The van der Waals surface area contributed by atoms with E-state index in [1.54, 1.807) is 0 Å². The molecule has 10 aromatic rings. The first kappa shape index (κ1) is 43.0. The van der Waals surface area contributed by atoms with Crippen LogP contribution in [0.3, 0.4) is 0 Å². The van der Waals surface area contributed by atoms with Crippen LogP contribution in [-0.4, -0.2) is 4.98 Å². The van der Waals surface area contributed by atoms with Crippen LogP contribution in [0.25, 0.3) is 78.2 Å². The highest BCUT2D eigenvalue weighted by Crippen LogP contribution is 2.41. The number of hydrogen-bond acceptors (Lipinski definition) is 3. The lowest BCUT2D eigenvalue weighted by Crippen LogP contribution is -2.09. The van der Waals surface area contributed by atoms with E-state index < -0.39 is 0 Å². The van der Waals surface area contributed by atoms with E-state index in [0.29, 0.717) is 5.89 Å². The molecule has 3 heteroatoms. The number of hydrogen-bond donors (Lipinski definition) is 0. The minimum absolute atomic E-state index is 0.627. The van der Waals surface area contributed by atoms with Crippen molar-refractivity contribution >= 4 is 28.2 Å². The van der Waals surface area contributed by atoms with Crippen LogP contribution in [0.4, 0.5) is 17.1 Å². The molecule has 320 valence electrons. The van der Waals surface area contributed by atoms with Crippen LogP contribution in [0.1, 0.15) is 27.2 Å². The Morgan fingerprint density at radius 3 is 1.32 bits per heavy atom. The van der Waals surface area contributed by atoms with E-state index in [0.717, 1.165) is 51.3 Å². The van der Waals surface area contributed by atoms with Gasteiger partial charge in [0.1, 0.15) is 5.52 Å². The zero-order valence-corrected chi connectivity index (χ0v) is 37.7. The maximum Gasteiger partial charge on any atom is 0.227 e. The van der Waals surface area contributed by atoms with Gasteiger partial charge in [0.15, 0.2) is 5.58 Å². The standard InChI is InChI=1S/C55H38N2O.C8H14/c1-3-13-39(14-4-1)40-23-25-41(26-24-40)42-31-35-47(36-32-42)57(46-15-5-2-6-16-46)48-37-33-44(34-38-48)50-18-8-10-20-52(50)51-19-9-7-17-49(51)43-27-29-45(30-28-43)55-56-53-21-11-12-22-54(53)58-55;1-4-6-7-8(3)5-2/h1-38H;4-6H,7H2,1-3H3/b;6-4-,8-5+. The lowest BCUT2D eigenvalue weighted by molar-refractivity contribution is 0.620. The van der Waals surface area contributed by atoms with Gasteiger partial charge in [-0.15, -0.1) is 0 Å². The summed E-state index contributed by atoms with van der Waals surface area (Å²) in [6.07, 6.45) is 7.48. The molecule has 10 rings (SSSR count). The summed E-state index contributed by atoms with van der Waals surface area (Å²) in [7, 11) is 0. The van der Waals surface area contributed by atoms with E-state index in [1.165, 1.54) is 50.1 Å². The van der Waals surface area contributed by atoms with Crippen molar-refractivity contribution in [1.82, 2.24) is 4.98 Å². The second kappa shape index (κ2) is 20.5. The van der Waals surface area contributed by atoms with Crippen molar-refractivity contribution in [3.63, 3.8) is 0 Å². The molecule has 9 aromatic carbocycles. The van der Waals surface area contributed by atoms with E-state index >= 15 is 0 Å². The van der Waals surface area contributed by atoms with Gasteiger partial charge in [0.2, 0.25) is 5.89 Å². The number of para-hydroxylation sites is 3. The fraction of sp³-hybridized carbons (Fsp3) is 0.0635. The molecule has 0 fully saturated rings. The molecule has 0 aliphatic heterocycles. The van der Waals surface area contributed by atoms with Crippen LogP contribution >= 0.6 is 0 Å². The van der Waals surface area contributed by atoms with Gasteiger partial charge < -0.3 is 9.32 Å². The molecule has 1 aromatic heterocycles. The van der Waals surface area contributed by atoms with E-state index in [2.05, 4.69) is 243 Å². The van der Waals surface area contributed by atoms with Crippen LogP contribution in [0.15, 0.2) is 259 Å². The monoisotopic (exact) mass is 852 g/mol. The Bertz CT molecular complexity index is 3170. The molecule has 0 aliphatic rings. The van der Waals surface area contributed by atoms with Crippen molar-refractivity contribution in [1.29, 1.82) is 0 Å². The van der Waals surface area contributed by atoms with Gasteiger partial charge in [0.25, 0.3) is 0 Å². The van der Waals surface area contributed by atoms with Gasteiger partial charge in [-0.1, -0.05) is 194 Å². The number of benzene rings is 9. The summed E-state index contributed by atoms with van der Waals surface area (Å²) in [5, 5.41) is 0. The van der Waals surface area contributed by atoms with Crippen LogP contribution < -0.4 is 4.90 Å². The van der Waals surface area contributed by atoms with Gasteiger partial charge in [-0.05, 0) is 143 Å². The van der Waals surface area contributed by atoms with E-state index in [-0.39, 0.29) is 0 Å². The smallest absolute Gasteiger partial charge is 0.227 e. The van der Waals surface area contributed by atoms with E-state index in [4.69, 9.17) is 9.40 Å². The molecule has 0 amide bonds. The molecule has 1 heterocycles. The average molecular weight is 853 g/mol. The second-order valence-corrected chi connectivity index (χ2v) is 16.3. The van der Waals surface area contributed by atoms with Crippen molar-refractivity contribution in [3.05, 3.63) is 254 Å². The molecule has 0 aliphatic carbocycles. The first-order valence-electron chi connectivity index (χ1n) is 22.7. The van der Waals surface area contributed by atoms with Gasteiger partial charge in [0, 0.05) is 22.6 Å². The number of aromatic nitrogens is 1. The van der Waals surface area contributed by atoms with Crippen molar-refractivity contribution in [2.75, 3.05) is 4.90 Å². The van der Waals surface area contributed by atoms with Crippen molar-refractivity contribution < 1.29 is 4.42 Å². The second-order valence-electron chi connectivity index (χ2n) is 16.3. The minimum Gasteiger partial charge on any atom is -0.436 e. The van der Waals surface area contributed by atoms with Gasteiger partial charge in [0.05, 0.1) is 0 Å².